The predicted molar refractivity (Wildman–Crippen MR) is 44.6 cm³/mol. The first-order chi connectivity index (χ1) is 6.57. The summed E-state index contributed by atoms with van der Waals surface area (Å²) in [6.07, 6.45) is 2.62. The van der Waals surface area contributed by atoms with Gasteiger partial charge in [0.1, 0.15) is 0 Å². The van der Waals surface area contributed by atoms with Crippen molar-refractivity contribution in [1.82, 2.24) is 0 Å². The van der Waals surface area contributed by atoms with Gasteiger partial charge in [0.05, 0.1) is 0 Å². The molecule has 0 aromatic carbocycles. The summed E-state index contributed by atoms with van der Waals surface area (Å²) in [4.78, 5) is 21.6. The van der Waals surface area contributed by atoms with Crippen molar-refractivity contribution in [3.05, 3.63) is 0 Å². The molecule has 1 fully saturated rings. The van der Waals surface area contributed by atoms with Crippen molar-refractivity contribution in [2.24, 2.45) is 17.8 Å². The van der Waals surface area contributed by atoms with E-state index in [0.29, 0.717) is 12.8 Å². The Morgan fingerprint density at radius 3 is 2.06 bits per heavy atom. The Labute approximate surface area is 120 Å². The van der Waals surface area contributed by atoms with E-state index in [0.717, 1.165) is 12.8 Å². The van der Waals surface area contributed by atoms with E-state index in [1.54, 1.807) is 0 Å². The molecule has 0 amide bonds. The number of hydrogen-bond donors (Lipinski definition) is 0. The van der Waals surface area contributed by atoms with Gasteiger partial charge in [-0.3, -0.25) is 0 Å². The Hall–Kier alpha value is 0.135. The van der Waals surface area contributed by atoms with Crippen LogP contribution in [0.15, 0.2) is 0 Å². The smallest absolute Gasteiger partial charge is 0.550 e. The second kappa shape index (κ2) is 8.26. The van der Waals surface area contributed by atoms with Gasteiger partial charge in [-0.05, 0) is 18.8 Å². The van der Waals surface area contributed by atoms with Gasteiger partial charge in [0.25, 0.3) is 0 Å². The first-order valence-corrected chi connectivity index (χ1v) is 4.99. The molecule has 1 saturated carbocycles. The van der Waals surface area contributed by atoms with Gasteiger partial charge >= 0.3 is 37.7 Å². The molecule has 0 spiro atoms. The molecule has 4 nitrogen and oxygen atoms in total. The zero-order chi connectivity index (χ0) is 10.7. The maximum Gasteiger partial charge on any atom is 1.00 e. The largest absolute Gasteiger partial charge is 1.00 e. The number of carbonyl (C=O) groups is 2. The van der Waals surface area contributed by atoms with E-state index in [1.807, 2.05) is 6.92 Å². The number of carbonyl (C=O) groups excluding carboxylic acids is 2. The van der Waals surface area contributed by atoms with Crippen LogP contribution in [-0.2, 0) is 9.59 Å². The quantitative estimate of drug-likeness (QED) is 0.435. The minimum Gasteiger partial charge on any atom is -0.550 e. The summed E-state index contributed by atoms with van der Waals surface area (Å²) >= 11 is 0. The maximum atomic E-state index is 10.8. The normalized spacial score (nSPS) is 28.4. The van der Waals surface area contributed by atoms with E-state index >= 15 is 0 Å². The van der Waals surface area contributed by atoms with Crippen molar-refractivity contribution in [3.63, 3.8) is 0 Å². The molecule has 6 heteroatoms. The van der Waals surface area contributed by atoms with Crippen LogP contribution in [0.4, 0.5) is 0 Å². The van der Waals surface area contributed by atoms with Crippen molar-refractivity contribution in [1.29, 1.82) is 0 Å². The third-order valence-corrected chi connectivity index (χ3v) is 3.13. The Morgan fingerprint density at radius 1 is 1.12 bits per heavy atom. The van der Waals surface area contributed by atoms with Gasteiger partial charge in [-0.15, -0.1) is 0 Å². The summed E-state index contributed by atoms with van der Waals surface area (Å²) in [7, 11) is 0. The van der Waals surface area contributed by atoms with E-state index in [1.165, 1.54) is 0 Å². The molecule has 3 atom stereocenters. The summed E-state index contributed by atoms with van der Waals surface area (Å²) in [6, 6.07) is 0. The van der Waals surface area contributed by atoms with Gasteiger partial charge in [0, 0.05) is 23.8 Å². The number of rotatable bonds is 3. The van der Waals surface area contributed by atoms with Crippen molar-refractivity contribution in [2.45, 2.75) is 32.6 Å². The number of carboxylic acids is 2. The van der Waals surface area contributed by atoms with Gasteiger partial charge in [-0.1, -0.05) is 19.8 Å². The Bertz CT molecular complexity index is 245. The van der Waals surface area contributed by atoms with Crippen LogP contribution in [0.5, 0.6) is 0 Å². The molecule has 0 radical (unpaired) electrons. The van der Waals surface area contributed by atoms with Gasteiger partial charge in [-0.2, -0.15) is 0 Å². The molecule has 1 aliphatic carbocycles. The summed E-state index contributed by atoms with van der Waals surface area (Å²) in [5, 5.41) is 21.6. The maximum absolute atomic E-state index is 10.8. The van der Waals surface area contributed by atoms with Crippen LogP contribution in [0, 0.1) is 17.8 Å². The number of carboxylic acid groups (broad SMARTS) is 2. The van der Waals surface area contributed by atoms with Crippen molar-refractivity contribution in [3.8, 4) is 0 Å². The summed E-state index contributed by atoms with van der Waals surface area (Å²) in [5.41, 5.74) is 0. The van der Waals surface area contributed by atoms with Crippen LogP contribution in [-0.4, -0.2) is 11.9 Å². The van der Waals surface area contributed by atoms with Crippen LogP contribution >= 0.6 is 0 Å². The van der Waals surface area contributed by atoms with Gasteiger partial charge in [0.15, 0.2) is 0 Å². The average molecular weight is 212 g/mol. The SMILES string of the molecule is CCC1CCCC(C(=O)[O-])C1C(=O)[O-].[Li+].[Li+]. The summed E-state index contributed by atoms with van der Waals surface area (Å²) in [5.74, 6) is -4.29. The van der Waals surface area contributed by atoms with Crippen LogP contribution in [0.25, 0.3) is 0 Å². The van der Waals surface area contributed by atoms with Gasteiger partial charge < -0.3 is 19.8 Å². The topological polar surface area (TPSA) is 80.3 Å². The third-order valence-electron chi connectivity index (χ3n) is 3.13. The molecular weight excluding hydrogens is 198 g/mol. The van der Waals surface area contributed by atoms with E-state index < -0.39 is 23.8 Å². The van der Waals surface area contributed by atoms with Crippen LogP contribution < -0.4 is 47.9 Å². The second-order valence-electron chi connectivity index (χ2n) is 3.87. The third kappa shape index (κ3) is 4.19. The zero-order valence-corrected chi connectivity index (χ0v) is 10.2. The van der Waals surface area contributed by atoms with Crippen molar-refractivity contribution in [2.75, 3.05) is 0 Å². The Kier molecular flexibility index (Phi) is 9.55. The molecule has 0 aromatic heterocycles. The molecule has 0 bridgehead atoms. The summed E-state index contributed by atoms with van der Waals surface area (Å²) < 4.78 is 0. The molecule has 16 heavy (non-hydrogen) atoms. The molecule has 0 N–H and O–H groups in total. The fourth-order valence-corrected chi connectivity index (χ4v) is 2.37. The van der Waals surface area contributed by atoms with Gasteiger partial charge in [0.2, 0.25) is 0 Å². The fourth-order valence-electron chi connectivity index (χ4n) is 2.37. The molecular formula is C10H14Li2O4. The Balaban J connectivity index is 0. The molecule has 3 unspecified atom stereocenters. The van der Waals surface area contributed by atoms with Crippen LogP contribution in [0.1, 0.15) is 32.6 Å². The average Bonchev–Trinajstić information content (AvgIpc) is 2.16. The molecule has 1 aliphatic rings. The molecule has 1 rings (SSSR count). The minimum atomic E-state index is -1.25. The fraction of sp³-hybridized carbons (Fsp3) is 0.800. The number of hydrogen-bond acceptors (Lipinski definition) is 4. The van der Waals surface area contributed by atoms with Crippen LogP contribution in [0.3, 0.4) is 0 Å². The van der Waals surface area contributed by atoms with E-state index in [9.17, 15) is 19.8 Å². The summed E-state index contributed by atoms with van der Waals surface area (Å²) in [6.45, 7) is 1.87. The van der Waals surface area contributed by atoms with Gasteiger partial charge in [-0.25, -0.2) is 0 Å². The molecule has 0 heterocycles. The first-order valence-electron chi connectivity index (χ1n) is 4.99. The monoisotopic (exact) mass is 212 g/mol. The van der Waals surface area contributed by atoms with Crippen molar-refractivity contribution >= 4 is 11.9 Å². The standard InChI is InChI=1S/C10H16O4.2Li/c1-2-6-4-3-5-7(9(11)12)8(6)10(13)14;;/h6-8H,2-5H2,1H3,(H,11,12)(H,13,14);;/q;2*+1/p-2. The van der Waals surface area contributed by atoms with E-state index in [4.69, 9.17) is 0 Å². The Morgan fingerprint density at radius 2 is 1.69 bits per heavy atom. The van der Waals surface area contributed by atoms with Crippen molar-refractivity contribution < 1.29 is 57.5 Å². The second-order valence-corrected chi connectivity index (χ2v) is 3.87. The molecule has 0 aliphatic heterocycles. The van der Waals surface area contributed by atoms with Crippen LogP contribution in [0.2, 0.25) is 0 Å². The number of aliphatic carboxylic acids is 2. The van der Waals surface area contributed by atoms with E-state index in [-0.39, 0.29) is 43.6 Å². The minimum absolute atomic E-state index is 0. The molecule has 0 saturated heterocycles. The zero-order valence-electron chi connectivity index (χ0n) is 10.2. The molecule has 80 valence electrons. The molecule has 0 aromatic rings. The first kappa shape index (κ1) is 18.5. The predicted octanol–water partition coefficient (Wildman–Crippen LogP) is -7.06. The van der Waals surface area contributed by atoms with E-state index in [2.05, 4.69) is 0 Å².